The van der Waals surface area contributed by atoms with E-state index in [2.05, 4.69) is 49.8 Å². The molecule has 1 aliphatic rings. The average molecular weight is 484 g/mol. The van der Waals surface area contributed by atoms with Gasteiger partial charge in [0, 0.05) is 34.4 Å². The van der Waals surface area contributed by atoms with E-state index in [9.17, 15) is 4.79 Å². The van der Waals surface area contributed by atoms with Crippen LogP contribution in [0.2, 0.25) is 23.2 Å². The first kappa shape index (κ1) is 21.6. The summed E-state index contributed by atoms with van der Waals surface area (Å²) >= 11 is 9.75. The van der Waals surface area contributed by atoms with Crippen molar-refractivity contribution >= 4 is 41.9 Å². The summed E-state index contributed by atoms with van der Waals surface area (Å²) in [7, 11) is -1.95. The molecule has 0 saturated heterocycles. The Morgan fingerprint density at radius 2 is 2.00 bits per heavy atom. The van der Waals surface area contributed by atoms with Crippen LogP contribution in [-0.2, 0) is 10.8 Å². The average Bonchev–Trinajstić information content (AvgIpc) is 2.97. The number of hydrogen-bond acceptors (Lipinski definition) is 2. The quantitative estimate of drug-likeness (QED) is 0.455. The van der Waals surface area contributed by atoms with Crippen molar-refractivity contribution in [2.24, 2.45) is 0 Å². The largest absolute Gasteiger partial charge is 0.414 e. The molecule has 0 fully saturated rings. The first-order valence-electron chi connectivity index (χ1n) is 9.57. The molecule has 0 unspecified atom stereocenters. The molecule has 3 rings (SSSR count). The Bertz CT molecular complexity index is 876. The normalized spacial score (nSPS) is 16.2. The minimum Gasteiger partial charge on any atom is -0.414 e. The van der Waals surface area contributed by atoms with Crippen LogP contribution in [-0.4, -0.2) is 37.0 Å². The highest BCUT2D eigenvalue weighted by Gasteiger charge is 2.39. The van der Waals surface area contributed by atoms with Crippen molar-refractivity contribution in [2.75, 3.05) is 13.2 Å². The third-order valence-electron chi connectivity index (χ3n) is 5.94. The van der Waals surface area contributed by atoms with Gasteiger partial charge in [-0.3, -0.25) is 4.57 Å². The van der Waals surface area contributed by atoms with Gasteiger partial charge in [0.2, 0.25) is 0 Å². The van der Waals surface area contributed by atoms with Crippen molar-refractivity contribution in [1.29, 1.82) is 0 Å². The highest BCUT2D eigenvalue weighted by atomic mass is 79.9. The SMILES string of the molecule is CC(C)(C)[Si](C)(C)OC[C@H](c1cccc(Cl)c1)N1CCc2cc(Br)cn2C1=O. The lowest BCUT2D eigenvalue weighted by Crippen LogP contribution is -2.47. The predicted molar refractivity (Wildman–Crippen MR) is 121 cm³/mol. The van der Waals surface area contributed by atoms with Gasteiger partial charge >= 0.3 is 6.03 Å². The van der Waals surface area contributed by atoms with Crippen molar-refractivity contribution in [3.05, 3.63) is 57.3 Å². The zero-order valence-corrected chi connectivity index (χ0v) is 20.5. The molecule has 0 spiro atoms. The van der Waals surface area contributed by atoms with E-state index in [1.807, 2.05) is 41.4 Å². The molecule has 1 amide bonds. The third-order valence-corrected chi connectivity index (χ3v) is 11.1. The van der Waals surface area contributed by atoms with E-state index in [1.165, 1.54) is 0 Å². The lowest BCUT2D eigenvalue weighted by Gasteiger charge is -2.40. The van der Waals surface area contributed by atoms with E-state index in [-0.39, 0.29) is 17.1 Å². The summed E-state index contributed by atoms with van der Waals surface area (Å²) in [4.78, 5) is 15.2. The molecule has 0 aliphatic carbocycles. The topological polar surface area (TPSA) is 34.5 Å². The minimum absolute atomic E-state index is 0.0178. The minimum atomic E-state index is -1.95. The van der Waals surface area contributed by atoms with Crippen LogP contribution >= 0.6 is 27.5 Å². The predicted octanol–water partition coefficient (Wildman–Crippen LogP) is 6.49. The smallest absolute Gasteiger partial charge is 0.328 e. The Kier molecular flexibility index (Phi) is 6.16. The number of nitrogens with zero attached hydrogens (tertiary/aromatic N) is 2. The van der Waals surface area contributed by atoms with Gasteiger partial charge in [0.25, 0.3) is 0 Å². The Morgan fingerprint density at radius 3 is 2.64 bits per heavy atom. The summed E-state index contributed by atoms with van der Waals surface area (Å²) in [5.74, 6) is 0. The maximum Gasteiger partial charge on any atom is 0.328 e. The van der Waals surface area contributed by atoms with Crippen LogP contribution in [0.5, 0.6) is 0 Å². The molecule has 7 heteroatoms. The molecule has 1 atom stereocenters. The van der Waals surface area contributed by atoms with Crippen LogP contribution in [0.1, 0.15) is 38.1 Å². The van der Waals surface area contributed by atoms with Gasteiger partial charge in [-0.1, -0.05) is 44.5 Å². The van der Waals surface area contributed by atoms with Crippen LogP contribution in [0.3, 0.4) is 0 Å². The zero-order valence-electron chi connectivity index (χ0n) is 17.1. The Morgan fingerprint density at radius 1 is 1.29 bits per heavy atom. The number of aromatic nitrogens is 1. The number of carbonyl (C=O) groups is 1. The van der Waals surface area contributed by atoms with Gasteiger partial charge in [-0.25, -0.2) is 4.79 Å². The zero-order chi connectivity index (χ0) is 20.7. The van der Waals surface area contributed by atoms with Gasteiger partial charge in [-0.05, 0) is 57.8 Å². The Balaban J connectivity index is 1.92. The number of amides is 1. The second-order valence-electron chi connectivity index (χ2n) is 8.89. The molecule has 0 radical (unpaired) electrons. The summed E-state index contributed by atoms with van der Waals surface area (Å²) in [6.07, 6.45) is 2.65. The lowest BCUT2D eigenvalue weighted by atomic mass is 10.1. The van der Waals surface area contributed by atoms with Gasteiger partial charge in [-0.2, -0.15) is 0 Å². The molecule has 4 nitrogen and oxygen atoms in total. The van der Waals surface area contributed by atoms with Crippen LogP contribution in [0.25, 0.3) is 0 Å². The molecule has 0 bridgehead atoms. The second-order valence-corrected chi connectivity index (χ2v) is 15.0. The van der Waals surface area contributed by atoms with Crippen molar-refractivity contribution in [1.82, 2.24) is 9.47 Å². The highest BCUT2D eigenvalue weighted by Crippen LogP contribution is 2.38. The number of hydrogen-bond donors (Lipinski definition) is 0. The summed E-state index contributed by atoms with van der Waals surface area (Å²) in [5.41, 5.74) is 2.04. The number of rotatable bonds is 5. The van der Waals surface area contributed by atoms with E-state index in [1.54, 1.807) is 4.57 Å². The van der Waals surface area contributed by atoms with E-state index in [0.717, 1.165) is 22.2 Å². The van der Waals surface area contributed by atoms with E-state index < -0.39 is 8.32 Å². The second kappa shape index (κ2) is 7.98. The van der Waals surface area contributed by atoms with Crippen molar-refractivity contribution in [3.63, 3.8) is 0 Å². The van der Waals surface area contributed by atoms with Crippen molar-refractivity contribution in [3.8, 4) is 0 Å². The summed E-state index contributed by atoms with van der Waals surface area (Å²) < 4.78 is 9.19. The van der Waals surface area contributed by atoms with Crippen molar-refractivity contribution in [2.45, 2.75) is 51.4 Å². The number of fused-ring (bicyclic) bond motifs is 1. The molecule has 2 aromatic rings. The van der Waals surface area contributed by atoms with Crippen LogP contribution in [0.15, 0.2) is 41.0 Å². The fourth-order valence-electron chi connectivity index (χ4n) is 3.18. The first-order chi connectivity index (χ1) is 13.0. The maximum atomic E-state index is 13.2. The molecular weight excluding hydrogens is 456 g/mol. The molecular formula is C21H28BrClN2O2Si. The highest BCUT2D eigenvalue weighted by molar-refractivity contribution is 9.10. The molecule has 1 aliphatic heterocycles. The summed E-state index contributed by atoms with van der Waals surface area (Å²) in [6, 6.07) is 9.58. The van der Waals surface area contributed by atoms with Gasteiger partial charge in [0.1, 0.15) is 0 Å². The molecule has 28 heavy (non-hydrogen) atoms. The van der Waals surface area contributed by atoms with Crippen LogP contribution in [0, 0.1) is 0 Å². The van der Waals surface area contributed by atoms with Crippen molar-refractivity contribution < 1.29 is 9.22 Å². The fraction of sp³-hybridized carbons (Fsp3) is 0.476. The summed E-state index contributed by atoms with van der Waals surface area (Å²) in [6.45, 7) is 12.3. The Hall–Kier alpha value is -1.08. The molecule has 1 aromatic carbocycles. The van der Waals surface area contributed by atoms with E-state index in [0.29, 0.717) is 18.2 Å². The van der Waals surface area contributed by atoms with Gasteiger partial charge in [0.05, 0.1) is 12.6 Å². The molecule has 1 aromatic heterocycles. The molecule has 2 heterocycles. The number of carbonyl (C=O) groups excluding carboxylic acids is 1. The number of halogens is 2. The summed E-state index contributed by atoms with van der Waals surface area (Å²) in [5, 5.41) is 0.777. The van der Waals surface area contributed by atoms with Gasteiger partial charge in [0.15, 0.2) is 8.32 Å². The fourth-order valence-corrected chi connectivity index (χ4v) is 4.86. The van der Waals surface area contributed by atoms with E-state index >= 15 is 0 Å². The van der Waals surface area contributed by atoms with Gasteiger partial charge in [-0.15, -0.1) is 0 Å². The monoisotopic (exact) mass is 482 g/mol. The van der Waals surface area contributed by atoms with Crippen LogP contribution in [0.4, 0.5) is 4.79 Å². The Labute approximate surface area is 182 Å². The lowest BCUT2D eigenvalue weighted by molar-refractivity contribution is 0.131. The number of benzene rings is 1. The van der Waals surface area contributed by atoms with Crippen LogP contribution < -0.4 is 0 Å². The molecule has 0 saturated carbocycles. The third kappa shape index (κ3) is 4.40. The molecule has 0 N–H and O–H groups in total. The van der Waals surface area contributed by atoms with Gasteiger partial charge < -0.3 is 9.33 Å². The standard InChI is InChI=1S/C21H28BrClN2O2Si/c1-21(2,3)28(4,5)27-14-19(15-7-6-8-17(23)11-15)24-10-9-18-12-16(22)13-25(18)20(24)26/h6-8,11-13,19H,9-10,14H2,1-5H3/t19-/m1/s1. The molecule has 152 valence electrons. The first-order valence-corrected chi connectivity index (χ1v) is 13.6. The maximum absolute atomic E-state index is 13.2. The van der Waals surface area contributed by atoms with E-state index in [4.69, 9.17) is 16.0 Å².